The maximum absolute atomic E-state index is 12.7. The van der Waals surface area contributed by atoms with Gasteiger partial charge in [-0.25, -0.2) is 8.42 Å². The molecule has 0 radical (unpaired) electrons. The molecule has 3 rings (SSSR count). The van der Waals surface area contributed by atoms with Crippen LogP contribution >= 0.6 is 0 Å². The second kappa shape index (κ2) is 9.87. The SMILES string of the molecule is CC(=O)N(C)Cc1cccc(NC(=O)c2ccc(S(=O)(=O)Nc3ccc(C)c(C)c3)cc2)c1. The number of anilines is 2. The van der Waals surface area contributed by atoms with Gasteiger partial charge in [0.25, 0.3) is 15.9 Å². The molecule has 172 valence electrons. The first-order valence-electron chi connectivity index (χ1n) is 10.4. The lowest BCUT2D eigenvalue weighted by atomic mass is 10.1. The highest BCUT2D eigenvalue weighted by Crippen LogP contribution is 2.20. The zero-order valence-corrected chi connectivity index (χ0v) is 19.9. The van der Waals surface area contributed by atoms with E-state index in [1.165, 1.54) is 31.2 Å². The summed E-state index contributed by atoms with van der Waals surface area (Å²) in [4.78, 5) is 25.7. The van der Waals surface area contributed by atoms with Gasteiger partial charge in [0.05, 0.1) is 4.90 Å². The number of benzene rings is 3. The van der Waals surface area contributed by atoms with Crippen molar-refractivity contribution < 1.29 is 18.0 Å². The number of sulfonamides is 1. The number of amides is 2. The van der Waals surface area contributed by atoms with Gasteiger partial charge in [0.1, 0.15) is 0 Å². The summed E-state index contributed by atoms with van der Waals surface area (Å²) in [5.41, 5.74) is 4.33. The standard InChI is InChI=1S/C25H27N3O4S/c1-17-8-11-23(14-18(17)2)27-33(31,32)24-12-9-21(10-13-24)25(30)26-22-7-5-6-20(15-22)16-28(4)19(3)29/h5-15,27H,16H2,1-4H3,(H,26,30). The molecule has 0 aliphatic heterocycles. The molecule has 0 aliphatic carbocycles. The van der Waals surface area contributed by atoms with Crippen LogP contribution < -0.4 is 10.0 Å². The van der Waals surface area contributed by atoms with Gasteiger partial charge in [0.15, 0.2) is 0 Å². The third-order valence-corrected chi connectivity index (χ3v) is 6.73. The van der Waals surface area contributed by atoms with E-state index in [0.717, 1.165) is 16.7 Å². The fourth-order valence-electron chi connectivity index (χ4n) is 3.14. The summed E-state index contributed by atoms with van der Waals surface area (Å²) in [6, 6.07) is 18.3. The van der Waals surface area contributed by atoms with Crippen LogP contribution in [0.3, 0.4) is 0 Å². The van der Waals surface area contributed by atoms with Crippen LogP contribution in [0.4, 0.5) is 11.4 Å². The van der Waals surface area contributed by atoms with E-state index in [1.807, 2.05) is 26.0 Å². The van der Waals surface area contributed by atoms with Crippen LogP contribution in [0.2, 0.25) is 0 Å². The van der Waals surface area contributed by atoms with Crippen LogP contribution in [0, 0.1) is 13.8 Å². The summed E-state index contributed by atoms with van der Waals surface area (Å²) in [5, 5.41) is 2.80. The predicted octanol–water partition coefficient (Wildman–Crippen LogP) is 4.33. The second-order valence-corrected chi connectivity index (χ2v) is 9.64. The highest BCUT2D eigenvalue weighted by molar-refractivity contribution is 7.92. The number of aryl methyl sites for hydroxylation is 2. The molecule has 0 fully saturated rings. The topological polar surface area (TPSA) is 95.6 Å². The Labute approximate surface area is 194 Å². The largest absolute Gasteiger partial charge is 0.342 e. The first kappa shape index (κ1) is 24.0. The predicted molar refractivity (Wildman–Crippen MR) is 130 cm³/mol. The van der Waals surface area contributed by atoms with E-state index < -0.39 is 10.0 Å². The van der Waals surface area contributed by atoms with Crippen molar-refractivity contribution in [1.29, 1.82) is 0 Å². The molecular formula is C25H27N3O4S. The van der Waals surface area contributed by atoms with Crippen LogP contribution in [-0.2, 0) is 21.4 Å². The molecule has 8 heteroatoms. The molecule has 0 unspecified atom stereocenters. The van der Waals surface area contributed by atoms with E-state index in [0.29, 0.717) is 23.5 Å². The van der Waals surface area contributed by atoms with Crippen molar-refractivity contribution in [2.75, 3.05) is 17.1 Å². The lowest BCUT2D eigenvalue weighted by Crippen LogP contribution is -2.23. The Morgan fingerprint density at radius 1 is 0.879 bits per heavy atom. The van der Waals surface area contributed by atoms with Gasteiger partial charge in [-0.3, -0.25) is 14.3 Å². The first-order valence-corrected chi connectivity index (χ1v) is 11.9. The number of rotatable bonds is 7. The van der Waals surface area contributed by atoms with Gasteiger partial charge in [-0.15, -0.1) is 0 Å². The molecule has 3 aromatic rings. The van der Waals surface area contributed by atoms with Crippen molar-refractivity contribution in [3.05, 3.63) is 89.0 Å². The van der Waals surface area contributed by atoms with Crippen LogP contribution in [-0.4, -0.2) is 32.2 Å². The fourth-order valence-corrected chi connectivity index (χ4v) is 4.19. The van der Waals surface area contributed by atoms with Crippen molar-refractivity contribution >= 4 is 33.2 Å². The summed E-state index contributed by atoms with van der Waals surface area (Å²) >= 11 is 0. The van der Waals surface area contributed by atoms with Crippen molar-refractivity contribution in [1.82, 2.24) is 4.90 Å². The molecule has 0 heterocycles. The summed E-state index contributed by atoms with van der Waals surface area (Å²) in [7, 11) is -2.08. The van der Waals surface area contributed by atoms with Crippen molar-refractivity contribution in [2.24, 2.45) is 0 Å². The third kappa shape index (κ3) is 6.20. The Kier molecular flexibility index (Phi) is 7.18. The molecule has 33 heavy (non-hydrogen) atoms. The highest BCUT2D eigenvalue weighted by atomic mass is 32.2. The lowest BCUT2D eigenvalue weighted by molar-refractivity contribution is -0.128. The molecule has 0 aliphatic rings. The summed E-state index contributed by atoms with van der Waals surface area (Å²) in [5.74, 6) is -0.412. The molecule has 7 nitrogen and oxygen atoms in total. The Morgan fingerprint density at radius 2 is 1.58 bits per heavy atom. The number of nitrogens with zero attached hydrogens (tertiary/aromatic N) is 1. The molecule has 2 N–H and O–H groups in total. The molecule has 0 atom stereocenters. The number of carbonyl (C=O) groups excluding carboxylic acids is 2. The normalized spacial score (nSPS) is 11.0. The maximum Gasteiger partial charge on any atom is 0.261 e. The quantitative estimate of drug-likeness (QED) is 0.543. The number of nitrogens with one attached hydrogen (secondary N) is 2. The molecule has 2 amide bonds. The Bertz CT molecular complexity index is 1290. The van der Waals surface area contributed by atoms with Crippen molar-refractivity contribution in [3.63, 3.8) is 0 Å². The van der Waals surface area contributed by atoms with Crippen LogP contribution in [0.5, 0.6) is 0 Å². The summed E-state index contributed by atoms with van der Waals surface area (Å²) < 4.78 is 28.0. The monoisotopic (exact) mass is 465 g/mol. The van der Waals surface area contributed by atoms with E-state index in [2.05, 4.69) is 10.0 Å². The van der Waals surface area contributed by atoms with E-state index >= 15 is 0 Å². The molecule has 3 aromatic carbocycles. The number of carbonyl (C=O) groups is 2. The van der Waals surface area contributed by atoms with Crippen LogP contribution in [0.15, 0.2) is 71.6 Å². The Morgan fingerprint density at radius 3 is 2.21 bits per heavy atom. The van der Waals surface area contributed by atoms with E-state index in [-0.39, 0.29) is 16.7 Å². The minimum absolute atomic E-state index is 0.0496. The van der Waals surface area contributed by atoms with Crippen molar-refractivity contribution in [3.8, 4) is 0 Å². The maximum atomic E-state index is 12.7. The van der Waals surface area contributed by atoms with Gasteiger partial charge < -0.3 is 10.2 Å². The molecule has 0 aromatic heterocycles. The molecule has 0 saturated heterocycles. The fraction of sp³-hybridized carbons (Fsp3) is 0.200. The Balaban J connectivity index is 1.70. The zero-order valence-electron chi connectivity index (χ0n) is 19.0. The van der Waals surface area contributed by atoms with Gasteiger partial charge in [0, 0.05) is 37.5 Å². The van der Waals surface area contributed by atoms with Crippen LogP contribution in [0.1, 0.15) is 34.0 Å². The minimum Gasteiger partial charge on any atom is -0.342 e. The second-order valence-electron chi connectivity index (χ2n) is 7.96. The van der Waals surface area contributed by atoms with E-state index in [4.69, 9.17) is 0 Å². The summed E-state index contributed by atoms with van der Waals surface area (Å²) in [6.45, 7) is 5.79. The smallest absolute Gasteiger partial charge is 0.261 e. The summed E-state index contributed by atoms with van der Waals surface area (Å²) in [6.07, 6.45) is 0. The average molecular weight is 466 g/mol. The van der Waals surface area contributed by atoms with Gasteiger partial charge in [-0.1, -0.05) is 18.2 Å². The van der Waals surface area contributed by atoms with Gasteiger partial charge in [-0.05, 0) is 79.1 Å². The molecule has 0 spiro atoms. The molecule has 0 bridgehead atoms. The highest BCUT2D eigenvalue weighted by Gasteiger charge is 2.16. The average Bonchev–Trinajstić information content (AvgIpc) is 2.76. The van der Waals surface area contributed by atoms with Gasteiger partial charge in [-0.2, -0.15) is 0 Å². The first-order chi connectivity index (χ1) is 15.5. The van der Waals surface area contributed by atoms with Crippen LogP contribution in [0.25, 0.3) is 0 Å². The van der Waals surface area contributed by atoms with E-state index in [1.54, 1.807) is 42.3 Å². The molecule has 0 saturated carbocycles. The van der Waals surface area contributed by atoms with Gasteiger partial charge >= 0.3 is 0 Å². The van der Waals surface area contributed by atoms with Gasteiger partial charge in [0.2, 0.25) is 5.91 Å². The molecular weight excluding hydrogens is 438 g/mol. The number of hydrogen-bond donors (Lipinski definition) is 2. The minimum atomic E-state index is -3.78. The third-order valence-electron chi connectivity index (χ3n) is 5.33. The lowest BCUT2D eigenvalue weighted by Gasteiger charge is -2.15. The number of hydrogen-bond acceptors (Lipinski definition) is 4. The Hall–Kier alpha value is -3.65. The van der Waals surface area contributed by atoms with E-state index in [9.17, 15) is 18.0 Å². The van der Waals surface area contributed by atoms with Crippen molar-refractivity contribution in [2.45, 2.75) is 32.2 Å². The zero-order chi connectivity index (χ0) is 24.2.